The molecular formula is C17H17F3N4. The zero-order valence-corrected chi connectivity index (χ0v) is 13.3. The summed E-state index contributed by atoms with van der Waals surface area (Å²) in [6.07, 6.45) is -2.92. The van der Waals surface area contributed by atoms with Crippen molar-refractivity contribution in [3.8, 4) is 0 Å². The third kappa shape index (κ3) is 3.29. The van der Waals surface area contributed by atoms with Gasteiger partial charge in [-0.05, 0) is 29.8 Å². The van der Waals surface area contributed by atoms with Crippen LogP contribution in [0.1, 0.15) is 11.3 Å². The Morgan fingerprint density at radius 2 is 1.83 bits per heavy atom. The molecule has 2 N–H and O–H groups in total. The lowest BCUT2D eigenvalue weighted by molar-refractivity contribution is -0.140. The van der Waals surface area contributed by atoms with Crippen molar-refractivity contribution >= 4 is 22.4 Å². The van der Waals surface area contributed by atoms with Crippen LogP contribution in [-0.2, 0) is 12.7 Å². The highest BCUT2D eigenvalue weighted by Crippen LogP contribution is 2.33. The number of nitrogens with one attached hydrogen (secondary N) is 2. The summed E-state index contributed by atoms with van der Waals surface area (Å²) in [7, 11) is 3.92. The third-order valence-electron chi connectivity index (χ3n) is 3.77. The SMILES string of the molecule is CN(C)c1ccc(CNc2nccc3[nH]c(C(F)(F)F)cc23)cc1. The van der Waals surface area contributed by atoms with Crippen molar-refractivity contribution in [2.24, 2.45) is 0 Å². The summed E-state index contributed by atoms with van der Waals surface area (Å²) in [5.41, 5.74) is 1.73. The minimum absolute atomic E-state index is 0.405. The second kappa shape index (κ2) is 6.07. The molecular weight excluding hydrogens is 317 g/mol. The monoisotopic (exact) mass is 334 g/mol. The van der Waals surface area contributed by atoms with E-state index in [1.807, 2.05) is 43.3 Å². The number of anilines is 2. The Morgan fingerprint density at radius 3 is 2.46 bits per heavy atom. The molecule has 3 rings (SSSR count). The van der Waals surface area contributed by atoms with Gasteiger partial charge in [0, 0.05) is 37.9 Å². The smallest absolute Gasteiger partial charge is 0.378 e. The average molecular weight is 334 g/mol. The van der Waals surface area contributed by atoms with Crippen LogP contribution in [0.15, 0.2) is 42.6 Å². The molecule has 0 saturated carbocycles. The predicted octanol–water partition coefficient (Wildman–Crippen LogP) is 4.26. The van der Waals surface area contributed by atoms with E-state index >= 15 is 0 Å². The Hall–Kier alpha value is -2.70. The van der Waals surface area contributed by atoms with E-state index in [0.29, 0.717) is 23.3 Å². The number of H-pyrrole nitrogens is 1. The Kier molecular flexibility index (Phi) is 4.09. The van der Waals surface area contributed by atoms with E-state index in [1.165, 1.54) is 12.3 Å². The van der Waals surface area contributed by atoms with Crippen LogP contribution in [0, 0.1) is 0 Å². The molecule has 4 nitrogen and oxygen atoms in total. The highest BCUT2D eigenvalue weighted by molar-refractivity contribution is 5.90. The number of rotatable bonds is 4. The zero-order valence-electron chi connectivity index (χ0n) is 13.3. The van der Waals surface area contributed by atoms with E-state index < -0.39 is 11.9 Å². The summed E-state index contributed by atoms with van der Waals surface area (Å²) in [5.74, 6) is 0.427. The van der Waals surface area contributed by atoms with E-state index in [1.54, 1.807) is 0 Å². The van der Waals surface area contributed by atoms with Gasteiger partial charge in [-0.25, -0.2) is 4.98 Å². The van der Waals surface area contributed by atoms with E-state index in [0.717, 1.165) is 17.3 Å². The molecule has 1 aromatic carbocycles. The number of nitrogens with zero attached hydrogens (tertiary/aromatic N) is 2. The van der Waals surface area contributed by atoms with Gasteiger partial charge in [-0.15, -0.1) is 0 Å². The lowest BCUT2D eigenvalue weighted by atomic mass is 10.2. The van der Waals surface area contributed by atoms with Gasteiger partial charge in [0.2, 0.25) is 0 Å². The zero-order chi connectivity index (χ0) is 17.3. The first-order valence-electron chi connectivity index (χ1n) is 7.39. The molecule has 24 heavy (non-hydrogen) atoms. The quantitative estimate of drug-likeness (QED) is 0.749. The van der Waals surface area contributed by atoms with Crippen LogP contribution in [0.5, 0.6) is 0 Å². The van der Waals surface area contributed by atoms with Crippen molar-refractivity contribution in [1.82, 2.24) is 9.97 Å². The van der Waals surface area contributed by atoms with Crippen molar-refractivity contribution in [2.45, 2.75) is 12.7 Å². The molecule has 0 aliphatic heterocycles. The molecule has 0 fully saturated rings. The van der Waals surface area contributed by atoms with Gasteiger partial charge in [-0.1, -0.05) is 12.1 Å². The Bertz CT molecular complexity index is 835. The summed E-state index contributed by atoms with van der Waals surface area (Å²) in [4.78, 5) is 8.54. The summed E-state index contributed by atoms with van der Waals surface area (Å²) >= 11 is 0. The minimum atomic E-state index is -4.40. The summed E-state index contributed by atoms with van der Waals surface area (Å²) < 4.78 is 38.5. The maximum absolute atomic E-state index is 12.8. The highest BCUT2D eigenvalue weighted by atomic mass is 19.4. The molecule has 0 atom stereocenters. The summed E-state index contributed by atoms with van der Waals surface area (Å²) in [6.45, 7) is 0.479. The Morgan fingerprint density at radius 1 is 1.12 bits per heavy atom. The predicted molar refractivity (Wildman–Crippen MR) is 89.2 cm³/mol. The number of benzene rings is 1. The lowest BCUT2D eigenvalue weighted by Gasteiger charge is -2.13. The topological polar surface area (TPSA) is 44.0 Å². The molecule has 0 aliphatic rings. The molecule has 0 radical (unpaired) electrons. The van der Waals surface area contributed by atoms with Gasteiger partial charge in [0.15, 0.2) is 0 Å². The number of alkyl halides is 3. The fourth-order valence-corrected chi connectivity index (χ4v) is 2.45. The van der Waals surface area contributed by atoms with Gasteiger partial charge >= 0.3 is 6.18 Å². The molecule has 0 spiro atoms. The van der Waals surface area contributed by atoms with Gasteiger partial charge in [-0.2, -0.15) is 13.2 Å². The third-order valence-corrected chi connectivity index (χ3v) is 3.77. The maximum atomic E-state index is 12.8. The number of fused-ring (bicyclic) bond motifs is 1. The summed E-state index contributed by atoms with van der Waals surface area (Å²) in [6, 6.07) is 10.5. The van der Waals surface area contributed by atoms with Crippen LogP contribution in [0.3, 0.4) is 0 Å². The molecule has 2 heterocycles. The molecule has 3 aromatic rings. The number of pyridine rings is 1. The number of hydrogen-bond acceptors (Lipinski definition) is 3. The van der Waals surface area contributed by atoms with Crippen LogP contribution in [0.2, 0.25) is 0 Å². The maximum Gasteiger partial charge on any atom is 0.431 e. The lowest BCUT2D eigenvalue weighted by Crippen LogP contribution is -2.08. The fraction of sp³-hybridized carbons (Fsp3) is 0.235. The molecule has 0 unspecified atom stereocenters. The van der Waals surface area contributed by atoms with E-state index in [9.17, 15) is 13.2 Å². The first kappa shape index (κ1) is 16.2. The average Bonchev–Trinajstić information content (AvgIpc) is 2.98. The number of aromatic amines is 1. The van der Waals surface area contributed by atoms with Gasteiger partial charge in [0.05, 0.1) is 5.52 Å². The van der Waals surface area contributed by atoms with Gasteiger partial charge in [-0.3, -0.25) is 0 Å². The molecule has 126 valence electrons. The van der Waals surface area contributed by atoms with Crippen LogP contribution in [0.4, 0.5) is 24.7 Å². The second-order valence-corrected chi connectivity index (χ2v) is 5.72. The Balaban J connectivity index is 1.81. The standard InChI is InChI=1S/C17H17F3N4/c1-24(2)12-5-3-11(4-6-12)10-22-16-13-9-15(17(18,19)20)23-14(13)7-8-21-16/h3-9,23H,10H2,1-2H3,(H,21,22). The van der Waals surface area contributed by atoms with E-state index in [4.69, 9.17) is 0 Å². The van der Waals surface area contributed by atoms with Gasteiger partial charge in [0.1, 0.15) is 11.5 Å². The molecule has 0 saturated heterocycles. The van der Waals surface area contributed by atoms with Crippen molar-refractivity contribution in [1.29, 1.82) is 0 Å². The Labute approximate surface area is 137 Å². The minimum Gasteiger partial charge on any atom is -0.378 e. The molecule has 0 amide bonds. The highest BCUT2D eigenvalue weighted by Gasteiger charge is 2.32. The van der Waals surface area contributed by atoms with E-state index in [-0.39, 0.29) is 0 Å². The van der Waals surface area contributed by atoms with Crippen LogP contribution < -0.4 is 10.2 Å². The van der Waals surface area contributed by atoms with Crippen LogP contribution in [-0.4, -0.2) is 24.1 Å². The number of hydrogen-bond donors (Lipinski definition) is 2. The summed E-state index contributed by atoms with van der Waals surface area (Å²) in [5, 5.41) is 3.53. The number of aromatic nitrogens is 2. The number of halogens is 3. The molecule has 0 bridgehead atoms. The molecule has 0 aliphatic carbocycles. The van der Waals surface area contributed by atoms with E-state index in [2.05, 4.69) is 15.3 Å². The van der Waals surface area contributed by atoms with Crippen molar-refractivity contribution in [3.63, 3.8) is 0 Å². The molecule has 2 aromatic heterocycles. The second-order valence-electron chi connectivity index (χ2n) is 5.72. The first-order valence-corrected chi connectivity index (χ1v) is 7.39. The van der Waals surface area contributed by atoms with Gasteiger partial charge in [0.25, 0.3) is 0 Å². The van der Waals surface area contributed by atoms with Crippen LogP contribution >= 0.6 is 0 Å². The first-order chi connectivity index (χ1) is 11.3. The van der Waals surface area contributed by atoms with Crippen molar-refractivity contribution in [2.75, 3.05) is 24.3 Å². The largest absolute Gasteiger partial charge is 0.431 e. The van der Waals surface area contributed by atoms with Crippen LogP contribution in [0.25, 0.3) is 10.9 Å². The fourth-order valence-electron chi connectivity index (χ4n) is 2.45. The normalized spacial score (nSPS) is 11.7. The van der Waals surface area contributed by atoms with Crippen molar-refractivity contribution < 1.29 is 13.2 Å². The molecule has 7 heteroatoms. The van der Waals surface area contributed by atoms with Crippen molar-refractivity contribution in [3.05, 3.63) is 53.9 Å². The van der Waals surface area contributed by atoms with Gasteiger partial charge < -0.3 is 15.2 Å².